The van der Waals surface area contributed by atoms with Gasteiger partial charge in [0, 0.05) is 5.39 Å². The number of carbonyl (C=O) groups is 1. The van der Waals surface area contributed by atoms with Gasteiger partial charge in [0.1, 0.15) is 12.3 Å². The molecule has 0 bridgehead atoms. The fourth-order valence-electron chi connectivity index (χ4n) is 2.59. The second-order valence-corrected chi connectivity index (χ2v) is 5.60. The predicted molar refractivity (Wildman–Crippen MR) is 91.8 cm³/mol. The van der Waals surface area contributed by atoms with Crippen molar-refractivity contribution in [3.8, 4) is 11.5 Å². The Kier molecular flexibility index (Phi) is 4.88. The fraction of sp³-hybridized carbons (Fsp3) is 0.263. The average Bonchev–Trinajstić information content (AvgIpc) is 3.03. The van der Waals surface area contributed by atoms with Gasteiger partial charge in [-0.25, -0.2) is 0 Å². The number of hydrogen-bond donors (Lipinski definition) is 0. The number of ether oxygens (including phenoxy) is 3. The van der Waals surface area contributed by atoms with Crippen LogP contribution in [0.2, 0.25) is 0 Å². The Morgan fingerprint density at radius 1 is 1.12 bits per heavy atom. The van der Waals surface area contributed by atoms with Crippen molar-refractivity contribution < 1.29 is 23.5 Å². The number of methoxy groups -OCH3 is 2. The third-order valence-electron chi connectivity index (χ3n) is 3.99. The van der Waals surface area contributed by atoms with Crippen LogP contribution in [0.25, 0.3) is 11.0 Å². The molecule has 0 spiro atoms. The Morgan fingerprint density at radius 3 is 2.60 bits per heavy atom. The molecule has 25 heavy (non-hydrogen) atoms. The molecule has 0 saturated carbocycles. The molecular formula is C19H19NO5. The maximum atomic E-state index is 12.2. The van der Waals surface area contributed by atoms with E-state index in [-0.39, 0.29) is 19.0 Å². The molecule has 3 rings (SSSR count). The first-order valence-corrected chi connectivity index (χ1v) is 7.82. The maximum Gasteiger partial charge on any atom is 0.312 e. The van der Waals surface area contributed by atoms with E-state index in [4.69, 9.17) is 18.7 Å². The van der Waals surface area contributed by atoms with Crippen LogP contribution in [-0.4, -0.2) is 25.3 Å². The van der Waals surface area contributed by atoms with Crippen molar-refractivity contribution in [2.45, 2.75) is 20.0 Å². The zero-order valence-corrected chi connectivity index (χ0v) is 14.4. The highest BCUT2D eigenvalue weighted by atomic mass is 16.5. The molecule has 0 aliphatic rings. The van der Waals surface area contributed by atoms with Gasteiger partial charge in [-0.3, -0.25) is 4.79 Å². The summed E-state index contributed by atoms with van der Waals surface area (Å²) in [5.41, 5.74) is 3.04. The van der Waals surface area contributed by atoms with E-state index in [0.29, 0.717) is 22.8 Å². The molecule has 1 aromatic heterocycles. The van der Waals surface area contributed by atoms with Gasteiger partial charge in [0.15, 0.2) is 17.1 Å². The lowest BCUT2D eigenvalue weighted by Gasteiger charge is -2.13. The third-order valence-corrected chi connectivity index (χ3v) is 3.99. The minimum Gasteiger partial charge on any atom is -0.493 e. The molecule has 3 aromatic rings. The number of nitrogens with zero attached hydrogens (tertiary/aromatic N) is 1. The molecule has 0 amide bonds. The van der Waals surface area contributed by atoms with Crippen LogP contribution >= 0.6 is 0 Å². The van der Waals surface area contributed by atoms with Gasteiger partial charge in [-0.05, 0) is 42.3 Å². The Balaban J connectivity index is 1.68. The van der Waals surface area contributed by atoms with Crippen LogP contribution in [0.3, 0.4) is 0 Å². The molecule has 0 fully saturated rings. The van der Waals surface area contributed by atoms with Gasteiger partial charge in [0.25, 0.3) is 0 Å². The molecule has 2 aromatic carbocycles. The lowest BCUT2D eigenvalue weighted by Crippen LogP contribution is -2.09. The van der Waals surface area contributed by atoms with Crippen LogP contribution < -0.4 is 9.47 Å². The van der Waals surface area contributed by atoms with Crippen LogP contribution in [0.4, 0.5) is 0 Å². The van der Waals surface area contributed by atoms with E-state index >= 15 is 0 Å². The minimum absolute atomic E-state index is 0.0589. The summed E-state index contributed by atoms with van der Waals surface area (Å²) in [7, 11) is 3.15. The molecule has 0 N–H and O–H groups in total. The normalized spacial score (nSPS) is 10.7. The zero-order valence-electron chi connectivity index (χ0n) is 14.4. The number of fused-ring (bicyclic) bond motifs is 1. The SMILES string of the molecule is COc1cc(C)c(COC(=O)Cc2noc3ccccc23)cc1OC. The van der Waals surface area contributed by atoms with Gasteiger partial charge >= 0.3 is 5.97 Å². The lowest BCUT2D eigenvalue weighted by molar-refractivity contribution is -0.144. The second kappa shape index (κ2) is 7.25. The molecule has 0 radical (unpaired) electrons. The van der Waals surface area contributed by atoms with Crippen molar-refractivity contribution in [2.24, 2.45) is 0 Å². The number of aromatic nitrogens is 1. The Labute approximate surface area is 145 Å². The van der Waals surface area contributed by atoms with Gasteiger partial charge in [0.05, 0.1) is 20.6 Å². The van der Waals surface area contributed by atoms with Crippen molar-refractivity contribution in [3.05, 3.63) is 53.2 Å². The molecule has 0 atom stereocenters. The summed E-state index contributed by atoms with van der Waals surface area (Å²) in [5, 5.41) is 4.77. The van der Waals surface area contributed by atoms with Crippen molar-refractivity contribution in [2.75, 3.05) is 14.2 Å². The van der Waals surface area contributed by atoms with Crippen molar-refractivity contribution in [1.29, 1.82) is 0 Å². The first kappa shape index (κ1) is 16.8. The number of para-hydroxylation sites is 1. The molecule has 0 saturated heterocycles. The largest absolute Gasteiger partial charge is 0.493 e. The summed E-state index contributed by atoms with van der Waals surface area (Å²) in [4.78, 5) is 12.2. The van der Waals surface area contributed by atoms with Crippen LogP contribution in [0, 0.1) is 6.92 Å². The molecular weight excluding hydrogens is 322 g/mol. The number of benzene rings is 2. The van der Waals surface area contributed by atoms with Crippen molar-refractivity contribution in [1.82, 2.24) is 5.16 Å². The molecule has 0 aliphatic carbocycles. The average molecular weight is 341 g/mol. The van der Waals surface area contributed by atoms with E-state index in [1.54, 1.807) is 14.2 Å². The molecule has 1 heterocycles. The van der Waals surface area contributed by atoms with Crippen LogP contribution in [-0.2, 0) is 22.6 Å². The summed E-state index contributed by atoms with van der Waals surface area (Å²) in [6.07, 6.45) is 0.0589. The fourth-order valence-corrected chi connectivity index (χ4v) is 2.59. The maximum absolute atomic E-state index is 12.2. The van der Waals surface area contributed by atoms with Gasteiger partial charge < -0.3 is 18.7 Å². The molecule has 6 heteroatoms. The van der Waals surface area contributed by atoms with Gasteiger partial charge in [-0.2, -0.15) is 0 Å². The van der Waals surface area contributed by atoms with E-state index in [1.807, 2.05) is 43.3 Å². The Bertz CT molecular complexity index is 900. The van der Waals surface area contributed by atoms with Crippen LogP contribution in [0.15, 0.2) is 40.9 Å². The van der Waals surface area contributed by atoms with Gasteiger partial charge in [0.2, 0.25) is 0 Å². The van der Waals surface area contributed by atoms with Crippen molar-refractivity contribution >= 4 is 16.9 Å². The number of rotatable bonds is 6. The topological polar surface area (TPSA) is 70.8 Å². The first-order chi connectivity index (χ1) is 12.1. The quantitative estimate of drug-likeness (QED) is 0.640. The summed E-state index contributed by atoms with van der Waals surface area (Å²) >= 11 is 0. The molecule has 0 aliphatic heterocycles. The summed E-state index contributed by atoms with van der Waals surface area (Å²) < 4.78 is 21.1. The summed E-state index contributed by atoms with van der Waals surface area (Å²) in [6.45, 7) is 2.08. The van der Waals surface area contributed by atoms with Crippen LogP contribution in [0.1, 0.15) is 16.8 Å². The first-order valence-electron chi connectivity index (χ1n) is 7.82. The Morgan fingerprint density at radius 2 is 1.84 bits per heavy atom. The van der Waals surface area contributed by atoms with Crippen LogP contribution in [0.5, 0.6) is 11.5 Å². The van der Waals surface area contributed by atoms with E-state index in [9.17, 15) is 4.79 Å². The van der Waals surface area contributed by atoms with E-state index in [1.165, 1.54) is 0 Å². The second-order valence-electron chi connectivity index (χ2n) is 5.60. The standard InChI is InChI=1S/C19H19NO5/c1-12-8-17(22-2)18(23-3)9-13(12)11-24-19(21)10-15-14-6-4-5-7-16(14)25-20-15/h4-9H,10-11H2,1-3H3. The number of hydrogen-bond acceptors (Lipinski definition) is 6. The van der Waals surface area contributed by atoms with Crippen molar-refractivity contribution in [3.63, 3.8) is 0 Å². The zero-order chi connectivity index (χ0) is 17.8. The molecule has 6 nitrogen and oxygen atoms in total. The highest BCUT2D eigenvalue weighted by Crippen LogP contribution is 2.30. The van der Waals surface area contributed by atoms with E-state index < -0.39 is 0 Å². The van der Waals surface area contributed by atoms with E-state index in [2.05, 4.69) is 5.16 Å². The molecule has 0 unspecified atom stereocenters. The Hall–Kier alpha value is -3.02. The highest BCUT2D eigenvalue weighted by molar-refractivity contribution is 5.84. The predicted octanol–water partition coefficient (Wildman–Crippen LogP) is 3.44. The van der Waals surface area contributed by atoms with E-state index in [0.717, 1.165) is 16.5 Å². The summed E-state index contributed by atoms with van der Waals surface area (Å²) in [6, 6.07) is 11.1. The smallest absolute Gasteiger partial charge is 0.312 e. The highest BCUT2D eigenvalue weighted by Gasteiger charge is 2.14. The number of aryl methyl sites for hydroxylation is 1. The molecule has 130 valence electrons. The lowest BCUT2D eigenvalue weighted by atomic mass is 10.1. The third kappa shape index (κ3) is 3.57. The number of carbonyl (C=O) groups excluding carboxylic acids is 1. The van der Waals surface area contributed by atoms with Gasteiger partial charge in [-0.1, -0.05) is 17.3 Å². The number of esters is 1. The summed E-state index contributed by atoms with van der Waals surface area (Å²) in [5.74, 6) is 0.874. The monoisotopic (exact) mass is 341 g/mol. The van der Waals surface area contributed by atoms with Gasteiger partial charge in [-0.15, -0.1) is 0 Å². The minimum atomic E-state index is -0.367.